The molecule has 0 bridgehead atoms. The van der Waals surface area contributed by atoms with Crippen molar-refractivity contribution < 1.29 is 9.50 Å². The highest BCUT2D eigenvalue weighted by Crippen LogP contribution is 2.29. The minimum atomic E-state index is -0.516. The van der Waals surface area contributed by atoms with E-state index in [9.17, 15) is 9.50 Å². The Labute approximate surface area is 132 Å². The van der Waals surface area contributed by atoms with E-state index < -0.39 is 5.82 Å². The van der Waals surface area contributed by atoms with Gasteiger partial charge in [-0.1, -0.05) is 32.3 Å². The number of nitrogens with one attached hydrogen (secondary N) is 1. The van der Waals surface area contributed by atoms with Crippen LogP contribution in [0.25, 0.3) is 0 Å². The maximum atomic E-state index is 13.6. The Hall–Kier alpha value is -0.840. The smallest absolute Gasteiger partial charge is 0.165 e. The van der Waals surface area contributed by atoms with E-state index in [4.69, 9.17) is 0 Å². The van der Waals surface area contributed by atoms with Crippen molar-refractivity contribution in [1.29, 1.82) is 0 Å². The number of phenolic OH excluding ortho intramolecular Hbond substituents is 1. The summed E-state index contributed by atoms with van der Waals surface area (Å²) in [7, 11) is 0. The third kappa shape index (κ3) is 5.13. The lowest BCUT2D eigenvalue weighted by Crippen LogP contribution is -2.45. The molecule has 21 heavy (non-hydrogen) atoms. The highest BCUT2D eigenvalue weighted by Gasteiger charge is 2.22. The van der Waals surface area contributed by atoms with Crippen LogP contribution in [-0.2, 0) is 0 Å². The number of aromatic hydroxyl groups is 1. The second kappa shape index (κ2) is 9.23. The molecule has 1 saturated heterocycles. The Kier molecular flexibility index (Phi) is 8.01. The van der Waals surface area contributed by atoms with Gasteiger partial charge in [0.05, 0.1) is 0 Å². The van der Waals surface area contributed by atoms with Crippen LogP contribution < -0.4 is 5.32 Å². The Morgan fingerprint density at radius 1 is 1.29 bits per heavy atom. The van der Waals surface area contributed by atoms with Gasteiger partial charge in [0, 0.05) is 32.2 Å². The van der Waals surface area contributed by atoms with Crippen LogP contribution in [0.2, 0.25) is 0 Å². The van der Waals surface area contributed by atoms with Crippen LogP contribution in [0.5, 0.6) is 5.75 Å². The molecule has 0 radical (unpaired) electrons. The van der Waals surface area contributed by atoms with Crippen molar-refractivity contribution in [2.75, 3.05) is 26.2 Å². The van der Waals surface area contributed by atoms with E-state index in [1.165, 1.54) is 25.0 Å². The molecule has 1 aromatic carbocycles. The standard InChI is InChI=1S/C16H25FN2O.ClH/c1-2-3-4-5-15(19-10-8-18-9-11-19)13-6-7-16(20)14(17)12-13;/h6-7,12,15,18,20H,2-5,8-11H2,1H3;1H/t15-;/m1./s1. The lowest BCUT2D eigenvalue weighted by atomic mass is 9.98. The first-order valence-corrected chi connectivity index (χ1v) is 7.65. The summed E-state index contributed by atoms with van der Waals surface area (Å²) >= 11 is 0. The van der Waals surface area contributed by atoms with Gasteiger partial charge in [-0.25, -0.2) is 4.39 Å². The van der Waals surface area contributed by atoms with E-state index >= 15 is 0 Å². The normalized spacial score (nSPS) is 17.2. The molecule has 1 atom stereocenters. The molecule has 5 heteroatoms. The number of benzene rings is 1. The summed E-state index contributed by atoms with van der Waals surface area (Å²) in [5.41, 5.74) is 0.985. The predicted octanol–water partition coefficient (Wildman–Crippen LogP) is 3.48. The second-order valence-corrected chi connectivity index (χ2v) is 5.51. The number of hydrogen-bond donors (Lipinski definition) is 2. The SMILES string of the molecule is CCCCC[C@H](c1ccc(O)c(F)c1)N1CCNCC1.Cl. The maximum absolute atomic E-state index is 13.6. The molecule has 1 heterocycles. The topological polar surface area (TPSA) is 35.5 Å². The molecule has 0 saturated carbocycles. The average molecular weight is 317 g/mol. The molecular weight excluding hydrogens is 291 g/mol. The summed E-state index contributed by atoms with van der Waals surface area (Å²) in [6.45, 7) is 6.17. The van der Waals surface area contributed by atoms with Crippen LogP contribution in [0.15, 0.2) is 18.2 Å². The zero-order valence-electron chi connectivity index (χ0n) is 12.6. The third-order valence-corrected chi connectivity index (χ3v) is 4.03. The maximum Gasteiger partial charge on any atom is 0.165 e. The fraction of sp³-hybridized carbons (Fsp3) is 0.625. The number of unbranched alkanes of at least 4 members (excludes halogenated alkanes) is 2. The van der Waals surface area contributed by atoms with Gasteiger partial charge in [0.1, 0.15) is 0 Å². The van der Waals surface area contributed by atoms with Gasteiger partial charge in [-0.2, -0.15) is 0 Å². The predicted molar refractivity (Wildman–Crippen MR) is 86.6 cm³/mol. The first kappa shape index (κ1) is 18.2. The van der Waals surface area contributed by atoms with Crippen molar-refractivity contribution in [2.45, 2.75) is 38.6 Å². The van der Waals surface area contributed by atoms with Gasteiger partial charge in [-0.05, 0) is 24.1 Å². The number of piperazine rings is 1. The van der Waals surface area contributed by atoms with Gasteiger partial charge >= 0.3 is 0 Å². The van der Waals surface area contributed by atoms with Gasteiger partial charge in [-0.3, -0.25) is 4.90 Å². The molecule has 1 aliphatic heterocycles. The lowest BCUT2D eigenvalue weighted by Gasteiger charge is -2.35. The zero-order chi connectivity index (χ0) is 14.4. The molecule has 1 aliphatic rings. The van der Waals surface area contributed by atoms with Crippen LogP contribution >= 0.6 is 12.4 Å². The minimum Gasteiger partial charge on any atom is -0.505 e. The van der Waals surface area contributed by atoms with E-state index in [0.717, 1.165) is 44.6 Å². The number of rotatable bonds is 6. The lowest BCUT2D eigenvalue weighted by molar-refractivity contribution is 0.162. The first-order chi connectivity index (χ1) is 9.72. The zero-order valence-corrected chi connectivity index (χ0v) is 13.5. The van der Waals surface area contributed by atoms with Gasteiger partial charge in [0.15, 0.2) is 11.6 Å². The molecule has 0 unspecified atom stereocenters. The average Bonchev–Trinajstić information content (AvgIpc) is 2.48. The Morgan fingerprint density at radius 3 is 2.62 bits per heavy atom. The fourth-order valence-electron chi connectivity index (χ4n) is 2.87. The summed E-state index contributed by atoms with van der Waals surface area (Å²) in [5, 5.41) is 12.7. The largest absolute Gasteiger partial charge is 0.505 e. The Bertz CT molecular complexity index is 425. The first-order valence-electron chi connectivity index (χ1n) is 7.65. The van der Waals surface area contributed by atoms with E-state index in [0.29, 0.717) is 0 Å². The molecule has 0 spiro atoms. The number of hydrogen-bond acceptors (Lipinski definition) is 3. The monoisotopic (exact) mass is 316 g/mol. The molecular formula is C16H26ClFN2O. The summed E-state index contributed by atoms with van der Waals surface area (Å²) in [5.74, 6) is -0.778. The van der Waals surface area contributed by atoms with Crippen LogP contribution in [-0.4, -0.2) is 36.2 Å². The number of halogens is 2. The van der Waals surface area contributed by atoms with Crippen molar-refractivity contribution in [3.8, 4) is 5.75 Å². The Balaban J connectivity index is 0.00000220. The molecule has 1 fully saturated rings. The molecule has 120 valence electrons. The fourth-order valence-corrected chi connectivity index (χ4v) is 2.87. The van der Waals surface area contributed by atoms with Crippen LogP contribution in [0.4, 0.5) is 4.39 Å². The second-order valence-electron chi connectivity index (χ2n) is 5.51. The quantitative estimate of drug-likeness (QED) is 0.789. The summed E-state index contributed by atoms with van der Waals surface area (Å²) in [4.78, 5) is 2.43. The molecule has 0 aliphatic carbocycles. The van der Waals surface area contributed by atoms with Crippen LogP contribution in [0.3, 0.4) is 0 Å². The summed E-state index contributed by atoms with van der Waals surface area (Å²) < 4.78 is 13.6. The van der Waals surface area contributed by atoms with Crippen LogP contribution in [0, 0.1) is 5.82 Å². The van der Waals surface area contributed by atoms with Crippen molar-refractivity contribution >= 4 is 12.4 Å². The molecule has 3 nitrogen and oxygen atoms in total. The van der Waals surface area contributed by atoms with Gasteiger partial charge < -0.3 is 10.4 Å². The van der Waals surface area contributed by atoms with Gasteiger partial charge in [0.2, 0.25) is 0 Å². The van der Waals surface area contributed by atoms with E-state index in [2.05, 4.69) is 17.1 Å². The summed E-state index contributed by atoms with van der Waals surface area (Å²) in [6, 6.07) is 5.09. The molecule has 1 aromatic rings. The molecule has 0 aromatic heterocycles. The molecule has 2 rings (SSSR count). The van der Waals surface area contributed by atoms with E-state index in [1.54, 1.807) is 0 Å². The van der Waals surface area contributed by atoms with Crippen molar-refractivity contribution in [2.24, 2.45) is 0 Å². The van der Waals surface area contributed by atoms with Crippen molar-refractivity contribution in [1.82, 2.24) is 10.2 Å². The van der Waals surface area contributed by atoms with Crippen molar-refractivity contribution in [3.63, 3.8) is 0 Å². The minimum absolute atomic E-state index is 0. The number of phenols is 1. The summed E-state index contributed by atoms with van der Waals surface area (Å²) in [6.07, 6.45) is 4.62. The third-order valence-electron chi connectivity index (χ3n) is 4.03. The Morgan fingerprint density at radius 2 is 2.00 bits per heavy atom. The van der Waals surface area contributed by atoms with Crippen molar-refractivity contribution in [3.05, 3.63) is 29.6 Å². The van der Waals surface area contributed by atoms with Crippen LogP contribution in [0.1, 0.15) is 44.2 Å². The molecule has 0 amide bonds. The van der Waals surface area contributed by atoms with Gasteiger partial charge in [-0.15, -0.1) is 12.4 Å². The highest BCUT2D eigenvalue weighted by atomic mass is 35.5. The van der Waals surface area contributed by atoms with E-state index in [1.807, 2.05) is 6.07 Å². The van der Waals surface area contributed by atoms with E-state index in [-0.39, 0.29) is 24.2 Å². The number of nitrogens with zero attached hydrogens (tertiary/aromatic N) is 1. The molecule has 2 N–H and O–H groups in total. The van der Waals surface area contributed by atoms with Gasteiger partial charge in [0.25, 0.3) is 0 Å². The highest BCUT2D eigenvalue weighted by molar-refractivity contribution is 5.85.